The third-order valence-electron chi connectivity index (χ3n) is 2.57. The Morgan fingerprint density at radius 1 is 1.33 bits per heavy atom. The number of hydrogen-bond donors (Lipinski definition) is 0. The number of carbonyl (C=O) groups excluding carboxylic acids is 1. The largest absolute Gasteiger partial charge is 0.298 e. The van der Waals surface area contributed by atoms with Gasteiger partial charge in [0, 0.05) is 10.6 Å². The lowest BCUT2D eigenvalue weighted by Crippen LogP contribution is -2.10. The molecule has 0 aromatic carbocycles. The predicted octanol–water partition coefficient (Wildman–Crippen LogP) is 3.28. The molecule has 0 bridgehead atoms. The minimum absolute atomic E-state index is 0.439. The predicted molar refractivity (Wildman–Crippen MR) is 51.2 cm³/mol. The van der Waals surface area contributed by atoms with Crippen LogP contribution in [0.25, 0.3) is 0 Å². The van der Waals surface area contributed by atoms with E-state index in [1.54, 1.807) is 6.92 Å². The Balaban J connectivity index is 2.65. The molecule has 2 heteroatoms. The number of rotatable bonds is 2. The van der Waals surface area contributed by atoms with Crippen molar-refractivity contribution in [1.29, 1.82) is 0 Å². The van der Waals surface area contributed by atoms with Crippen LogP contribution in [-0.2, 0) is 4.79 Å². The molecule has 0 atom stereocenters. The highest BCUT2D eigenvalue weighted by molar-refractivity contribution is 6.30. The van der Waals surface area contributed by atoms with Crippen molar-refractivity contribution in [1.82, 2.24) is 0 Å². The highest BCUT2D eigenvalue weighted by Gasteiger charge is 2.18. The van der Waals surface area contributed by atoms with E-state index in [9.17, 15) is 4.79 Å². The quantitative estimate of drug-likeness (QED) is 0.478. The maximum Gasteiger partial charge on any atom is 0.147 e. The Hall–Kier alpha value is -0.300. The molecule has 1 fully saturated rings. The highest BCUT2D eigenvalue weighted by Crippen LogP contribution is 2.30. The Morgan fingerprint density at radius 3 is 2.33 bits per heavy atom. The van der Waals surface area contributed by atoms with E-state index >= 15 is 0 Å². The fourth-order valence-electron chi connectivity index (χ4n) is 1.87. The maximum atomic E-state index is 10.7. The average Bonchev–Trinajstić information content (AvgIpc) is 2.07. The van der Waals surface area contributed by atoms with Crippen LogP contribution in [0.1, 0.15) is 39.0 Å². The molecule has 0 unspecified atom stereocenters. The molecule has 0 saturated heterocycles. The first kappa shape index (κ1) is 9.79. The second-order valence-electron chi connectivity index (χ2n) is 3.44. The summed E-state index contributed by atoms with van der Waals surface area (Å²) in [6.07, 6.45) is 7.00. The molecule has 1 aliphatic rings. The number of halogens is 1. The first-order valence-electron chi connectivity index (χ1n) is 4.57. The van der Waals surface area contributed by atoms with Gasteiger partial charge in [0.25, 0.3) is 0 Å². The first-order chi connectivity index (χ1) is 5.75. The minimum atomic E-state index is 0.439. The first-order valence-corrected chi connectivity index (χ1v) is 4.95. The number of allylic oxidation sites excluding steroid dienone is 2. The molecule has 0 amide bonds. The van der Waals surface area contributed by atoms with E-state index in [2.05, 4.69) is 0 Å². The van der Waals surface area contributed by atoms with Crippen molar-refractivity contribution in [3.05, 3.63) is 10.6 Å². The van der Waals surface area contributed by atoms with Crippen LogP contribution in [-0.4, -0.2) is 6.29 Å². The molecule has 0 aromatic heterocycles. The summed E-state index contributed by atoms with van der Waals surface area (Å²) in [5.41, 5.74) is 0.830. The van der Waals surface area contributed by atoms with Crippen molar-refractivity contribution >= 4 is 17.9 Å². The lowest BCUT2D eigenvalue weighted by atomic mass is 9.84. The fraction of sp³-hybridized carbons (Fsp3) is 0.700. The molecule has 0 aromatic rings. The van der Waals surface area contributed by atoms with Crippen LogP contribution in [0, 0.1) is 5.92 Å². The molecule has 0 spiro atoms. The SMILES string of the molecule is C/C(Cl)=C(\C=O)C1CCCCC1. The number of hydrogen-bond acceptors (Lipinski definition) is 1. The zero-order chi connectivity index (χ0) is 8.97. The Labute approximate surface area is 78.8 Å². The van der Waals surface area contributed by atoms with Crippen molar-refractivity contribution in [2.24, 2.45) is 5.92 Å². The van der Waals surface area contributed by atoms with Crippen LogP contribution in [0.15, 0.2) is 10.6 Å². The van der Waals surface area contributed by atoms with Crippen LogP contribution in [0.2, 0.25) is 0 Å². The minimum Gasteiger partial charge on any atom is -0.298 e. The van der Waals surface area contributed by atoms with Gasteiger partial charge in [-0.15, -0.1) is 0 Å². The van der Waals surface area contributed by atoms with E-state index in [1.165, 1.54) is 19.3 Å². The van der Waals surface area contributed by atoms with Gasteiger partial charge in [-0.3, -0.25) is 4.79 Å². The van der Waals surface area contributed by atoms with Crippen molar-refractivity contribution in [2.45, 2.75) is 39.0 Å². The molecule has 1 nitrogen and oxygen atoms in total. The zero-order valence-corrected chi connectivity index (χ0v) is 8.23. The van der Waals surface area contributed by atoms with Crippen LogP contribution < -0.4 is 0 Å². The maximum absolute atomic E-state index is 10.7. The summed E-state index contributed by atoms with van der Waals surface area (Å²) < 4.78 is 0. The Kier molecular flexibility index (Phi) is 3.80. The molecule has 1 saturated carbocycles. The van der Waals surface area contributed by atoms with E-state index in [-0.39, 0.29) is 0 Å². The topological polar surface area (TPSA) is 17.1 Å². The second-order valence-corrected chi connectivity index (χ2v) is 4.01. The summed E-state index contributed by atoms with van der Waals surface area (Å²) in [6, 6.07) is 0. The normalized spacial score (nSPS) is 21.8. The van der Waals surface area contributed by atoms with Crippen molar-refractivity contribution in [3.63, 3.8) is 0 Å². The van der Waals surface area contributed by atoms with Gasteiger partial charge in [0.15, 0.2) is 0 Å². The van der Waals surface area contributed by atoms with Gasteiger partial charge in [0.2, 0.25) is 0 Å². The smallest absolute Gasteiger partial charge is 0.147 e. The van der Waals surface area contributed by atoms with Gasteiger partial charge in [0.05, 0.1) is 0 Å². The van der Waals surface area contributed by atoms with Crippen molar-refractivity contribution in [3.8, 4) is 0 Å². The molecule has 0 radical (unpaired) electrons. The molecule has 12 heavy (non-hydrogen) atoms. The zero-order valence-electron chi connectivity index (χ0n) is 7.48. The third kappa shape index (κ3) is 2.34. The molecule has 68 valence electrons. The summed E-state index contributed by atoms with van der Waals surface area (Å²) in [5, 5.41) is 0.678. The van der Waals surface area contributed by atoms with E-state index in [4.69, 9.17) is 11.6 Å². The molecule has 0 aliphatic heterocycles. The summed E-state index contributed by atoms with van der Waals surface area (Å²) >= 11 is 5.83. The highest BCUT2D eigenvalue weighted by atomic mass is 35.5. The standard InChI is InChI=1S/C10H15ClO/c1-8(11)10(7-12)9-5-3-2-4-6-9/h7,9H,2-6H2,1H3/b10-8-. The van der Waals surface area contributed by atoms with Gasteiger partial charge in [-0.05, 0) is 25.7 Å². The van der Waals surface area contributed by atoms with Crippen LogP contribution in [0.3, 0.4) is 0 Å². The third-order valence-corrected chi connectivity index (χ3v) is 2.79. The summed E-state index contributed by atoms with van der Waals surface area (Å²) in [4.78, 5) is 10.7. The van der Waals surface area contributed by atoms with Crippen LogP contribution in [0.5, 0.6) is 0 Å². The Bertz CT molecular complexity index is 186. The molecular weight excluding hydrogens is 172 g/mol. The Morgan fingerprint density at radius 2 is 1.92 bits per heavy atom. The van der Waals surface area contributed by atoms with Gasteiger partial charge in [-0.25, -0.2) is 0 Å². The molecule has 0 heterocycles. The monoisotopic (exact) mass is 186 g/mol. The molecule has 1 aliphatic carbocycles. The molecule has 1 rings (SSSR count). The van der Waals surface area contributed by atoms with Crippen molar-refractivity contribution < 1.29 is 4.79 Å². The lowest BCUT2D eigenvalue weighted by Gasteiger charge is -2.21. The van der Waals surface area contributed by atoms with Gasteiger partial charge in [-0.1, -0.05) is 30.9 Å². The van der Waals surface area contributed by atoms with Gasteiger partial charge in [-0.2, -0.15) is 0 Å². The van der Waals surface area contributed by atoms with E-state index < -0.39 is 0 Å². The van der Waals surface area contributed by atoms with Gasteiger partial charge >= 0.3 is 0 Å². The molecular formula is C10H15ClO. The van der Waals surface area contributed by atoms with E-state index in [1.807, 2.05) is 0 Å². The van der Waals surface area contributed by atoms with E-state index in [0.29, 0.717) is 11.0 Å². The number of aldehydes is 1. The number of carbonyl (C=O) groups is 1. The fourth-order valence-corrected chi connectivity index (χ4v) is 2.07. The van der Waals surface area contributed by atoms with Gasteiger partial charge < -0.3 is 0 Å². The van der Waals surface area contributed by atoms with Crippen LogP contribution in [0.4, 0.5) is 0 Å². The van der Waals surface area contributed by atoms with Crippen molar-refractivity contribution in [2.75, 3.05) is 0 Å². The summed E-state index contributed by atoms with van der Waals surface area (Å²) in [7, 11) is 0. The van der Waals surface area contributed by atoms with Crippen LogP contribution >= 0.6 is 11.6 Å². The lowest BCUT2D eigenvalue weighted by molar-refractivity contribution is -0.105. The average molecular weight is 187 g/mol. The van der Waals surface area contributed by atoms with E-state index in [0.717, 1.165) is 24.7 Å². The second kappa shape index (κ2) is 4.66. The summed E-state index contributed by atoms with van der Waals surface area (Å²) in [6.45, 7) is 1.81. The summed E-state index contributed by atoms with van der Waals surface area (Å²) in [5.74, 6) is 0.439. The van der Waals surface area contributed by atoms with Gasteiger partial charge in [0.1, 0.15) is 6.29 Å². The molecule has 0 N–H and O–H groups in total.